The van der Waals surface area contributed by atoms with Gasteiger partial charge in [-0.15, -0.1) is 0 Å². The number of aliphatic hydroxyl groups excluding tert-OH is 4. The highest BCUT2D eigenvalue weighted by Crippen LogP contribution is 2.28. The third kappa shape index (κ3) is 3.18. The molecular formula is C13H19N3O6. The SMILES string of the molecule is Nc1nc(=O)n([C@@H]2O[C@H](CO)[C@@H](O)[C@H]2O)cc1/C=C/CCO. The Labute approximate surface area is 125 Å². The lowest BCUT2D eigenvalue weighted by Crippen LogP contribution is -2.36. The van der Waals surface area contributed by atoms with E-state index in [1.54, 1.807) is 12.2 Å². The lowest BCUT2D eigenvalue weighted by Gasteiger charge is -2.18. The molecule has 0 amide bonds. The Kier molecular flexibility index (Phi) is 5.27. The minimum Gasteiger partial charge on any atom is -0.396 e. The van der Waals surface area contributed by atoms with Crippen molar-refractivity contribution in [1.82, 2.24) is 9.55 Å². The van der Waals surface area contributed by atoms with E-state index in [9.17, 15) is 15.0 Å². The third-order valence-corrected chi connectivity index (χ3v) is 3.40. The van der Waals surface area contributed by atoms with Crippen LogP contribution in [0.5, 0.6) is 0 Å². The molecule has 1 aromatic rings. The fourth-order valence-corrected chi connectivity index (χ4v) is 2.20. The molecule has 6 N–H and O–H groups in total. The molecule has 0 bridgehead atoms. The van der Waals surface area contributed by atoms with Crippen molar-refractivity contribution in [3.63, 3.8) is 0 Å². The summed E-state index contributed by atoms with van der Waals surface area (Å²) in [5.74, 6) is 0.00202. The molecule has 0 aliphatic carbocycles. The van der Waals surface area contributed by atoms with Crippen molar-refractivity contribution in [3.05, 3.63) is 28.3 Å². The summed E-state index contributed by atoms with van der Waals surface area (Å²) in [5, 5.41) is 37.5. The molecule has 1 saturated heterocycles. The zero-order valence-corrected chi connectivity index (χ0v) is 11.7. The number of nitrogens with zero attached hydrogens (tertiary/aromatic N) is 2. The number of ether oxygens (including phenoxy) is 1. The van der Waals surface area contributed by atoms with Crippen LogP contribution < -0.4 is 11.4 Å². The molecule has 0 spiro atoms. The average molecular weight is 313 g/mol. The van der Waals surface area contributed by atoms with Gasteiger partial charge in [0.25, 0.3) is 0 Å². The predicted octanol–water partition coefficient (Wildman–Crippen LogP) is -2.17. The zero-order valence-electron chi connectivity index (χ0n) is 11.7. The third-order valence-electron chi connectivity index (χ3n) is 3.40. The standard InChI is InChI=1S/C13H19N3O6/c14-11-7(3-1-2-4-17)5-16(13(21)15-11)12-10(20)9(19)8(6-18)22-12/h1,3,5,8-10,12,17-20H,2,4,6H2,(H2,14,15,21)/b3-1+/t8-,9-,10-,12-/m1/s1. The molecule has 2 heterocycles. The zero-order chi connectivity index (χ0) is 16.3. The van der Waals surface area contributed by atoms with Crippen LogP contribution in [0.1, 0.15) is 18.2 Å². The molecule has 0 radical (unpaired) electrons. The maximum atomic E-state index is 11.9. The first-order valence-corrected chi connectivity index (χ1v) is 6.78. The van der Waals surface area contributed by atoms with Gasteiger partial charge in [-0.05, 0) is 6.42 Å². The second-order valence-corrected chi connectivity index (χ2v) is 4.91. The number of nitrogens with two attached hydrogens (primary N) is 1. The van der Waals surface area contributed by atoms with Gasteiger partial charge in [-0.1, -0.05) is 12.2 Å². The number of hydrogen-bond donors (Lipinski definition) is 5. The van der Waals surface area contributed by atoms with Crippen molar-refractivity contribution in [2.75, 3.05) is 18.9 Å². The van der Waals surface area contributed by atoms with Crippen molar-refractivity contribution < 1.29 is 25.2 Å². The Morgan fingerprint density at radius 3 is 2.68 bits per heavy atom. The average Bonchev–Trinajstić information content (AvgIpc) is 2.77. The Balaban J connectivity index is 2.35. The van der Waals surface area contributed by atoms with Crippen LogP contribution >= 0.6 is 0 Å². The molecule has 9 nitrogen and oxygen atoms in total. The lowest BCUT2D eigenvalue weighted by molar-refractivity contribution is -0.0549. The van der Waals surface area contributed by atoms with Gasteiger partial charge < -0.3 is 30.9 Å². The fraction of sp³-hybridized carbons (Fsp3) is 0.538. The van der Waals surface area contributed by atoms with Gasteiger partial charge in [0.15, 0.2) is 6.23 Å². The van der Waals surface area contributed by atoms with Crippen LogP contribution in [0.25, 0.3) is 6.08 Å². The van der Waals surface area contributed by atoms with Crippen molar-refractivity contribution in [2.24, 2.45) is 0 Å². The molecule has 9 heteroatoms. The number of nitrogen functional groups attached to an aromatic ring is 1. The van der Waals surface area contributed by atoms with E-state index >= 15 is 0 Å². The van der Waals surface area contributed by atoms with Crippen LogP contribution in [-0.2, 0) is 4.74 Å². The summed E-state index contributed by atoms with van der Waals surface area (Å²) in [6.07, 6.45) is 0.138. The van der Waals surface area contributed by atoms with Crippen molar-refractivity contribution in [1.29, 1.82) is 0 Å². The molecule has 4 atom stereocenters. The number of aliphatic hydroxyl groups is 4. The fourth-order valence-electron chi connectivity index (χ4n) is 2.20. The van der Waals surface area contributed by atoms with E-state index in [2.05, 4.69) is 4.98 Å². The van der Waals surface area contributed by atoms with Gasteiger partial charge in [0.05, 0.1) is 6.61 Å². The van der Waals surface area contributed by atoms with E-state index in [0.717, 1.165) is 4.57 Å². The molecule has 22 heavy (non-hydrogen) atoms. The largest absolute Gasteiger partial charge is 0.396 e. The van der Waals surface area contributed by atoms with Crippen molar-refractivity contribution in [3.8, 4) is 0 Å². The monoisotopic (exact) mass is 313 g/mol. The van der Waals surface area contributed by atoms with Gasteiger partial charge >= 0.3 is 5.69 Å². The predicted molar refractivity (Wildman–Crippen MR) is 76.7 cm³/mol. The topological polar surface area (TPSA) is 151 Å². The Morgan fingerprint density at radius 2 is 2.09 bits per heavy atom. The van der Waals surface area contributed by atoms with E-state index < -0.39 is 36.8 Å². The molecule has 1 fully saturated rings. The molecule has 1 aliphatic heterocycles. The summed E-state index contributed by atoms with van der Waals surface area (Å²) in [6.45, 7) is -0.520. The highest BCUT2D eigenvalue weighted by molar-refractivity contribution is 5.59. The minimum absolute atomic E-state index is 0.00202. The smallest absolute Gasteiger partial charge is 0.351 e. The maximum Gasteiger partial charge on any atom is 0.351 e. The molecule has 0 saturated carbocycles. The van der Waals surface area contributed by atoms with E-state index in [1.165, 1.54) is 6.20 Å². The Morgan fingerprint density at radius 1 is 1.36 bits per heavy atom. The Bertz CT molecular complexity index is 602. The van der Waals surface area contributed by atoms with Crippen LogP contribution in [0.2, 0.25) is 0 Å². The van der Waals surface area contributed by atoms with Crippen LogP contribution in [0, 0.1) is 0 Å². The Hall–Kier alpha value is -1.78. The summed E-state index contributed by atoms with van der Waals surface area (Å²) < 4.78 is 6.30. The van der Waals surface area contributed by atoms with Gasteiger partial charge in [-0.2, -0.15) is 4.98 Å². The van der Waals surface area contributed by atoms with Crippen molar-refractivity contribution in [2.45, 2.75) is 31.0 Å². The molecule has 1 aliphatic rings. The van der Waals surface area contributed by atoms with Gasteiger partial charge in [0.2, 0.25) is 0 Å². The molecule has 1 aromatic heterocycles. The van der Waals surface area contributed by atoms with E-state index in [4.69, 9.17) is 20.7 Å². The second kappa shape index (κ2) is 6.99. The summed E-state index contributed by atoms with van der Waals surface area (Å²) in [6, 6.07) is 0. The summed E-state index contributed by atoms with van der Waals surface area (Å²) in [5.41, 5.74) is 5.32. The van der Waals surface area contributed by atoms with Gasteiger partial charge in [0.1, 0.15) is 24.1 Å². The van der Waals surface area contributed by atoms with Crippen LogP contribution in [-0.4, -0.2) is 61.5 Å². The molecule has 0 aromatic carbocycles. The number of aromatic nitrogens is 2. The lowest BCUT2D eigenvalue weighted by atomic mass is 10.1. The van der Waals surface area contributed by atoms with Gasteiger partial charge in [-0.25, -0.2) is 4.79 Å². The van der Waals surface area contributed by atoms with E-state index in [0.29, 0.717) is 12.0 Å². The first-order chi connectivity index (χ1) is 10.5. The van der Waals surface area contributed by atoms with E-state index in [1.807, 2.05) is 0 Å². The second-order valence-electron chi connectivity index (χ2n) is 4.91. The van der Waals surface area contributed by atoms with E-state index in [-0.39, 0.29) is 12.4 Å². The summed E-state index contributed by atoms with van der Waals surface area (Å²) in [7, 11) is 0. The highest BCUT2D eigenvalue weighted by atomic mass is 16.6. The highest BCUT2D eigenvalue weighted by Gasteiger charge is 2.43. The number of hydrogen-bond acceptors (Lipinski definition) is 8. The van der Waals surface area contributed by atoms with Crippen LogP contribution in [0.3, 0.4) is 0 Å². The molecule has 0 unspecified atom stereocenters. The molecular weight excluding hydrogens is 294 g/mol. The van der Waals surface area contributed by atoms with Crippen LogP contribution in [0.15, 0.2) is 17.1 Å². The first kappa shape index (κ1) is 16.6. The maximum absolute atomic E-state index is 11.9. The normalized spacial score (nSPS) is 28.5. The molecule has 2 rings (SSSR count). The van der Waals surface area contributed by atoms with Gasteiger partial charge in [0, 0.05) is 18.4 Å². The van der Waals surface area contributed by atoms with Crippen LogP contribution in [0.4, 0.5) is 5.82 Å². The summed E-state index contributed by atoms with van der Waals surface area (Å²) in [4.78, 5) is 15.6. The van der Waals surface area contributed by atoms with Gasteiger partial charge in [-0.3, -0.25) is 4.57 Å². The minimum atomic E-state index is -1.38. The number of anilines is 1. The van der Waals surface area contributed by atoms with Crippen molar-refractivity contribution >= 4 is 11.9 Å². The first-order valence-electron chi connectivity index (χ1n) is 6.78. The molecule has 122 valence electrons. The quantitative estimate of drug-likeness (QED) is 0.412. The summed E-state index contributed by atoms with van der Waals surface area (Å²) >= 11 is 0. The number of rotatable bonds is 5.